The Morgan fingerprint density at radius 3 is 2.53 bits per heavy atom. The fourth-order valence-electron chi connectivity index (χ4n) is 1.04. The maximum atomic E-state index is 13.0. The van der Waals surface area contributed by atoms with Crippen molar-refractivity contribution >= 4 is 15.7 Å². The highest BCUT2D eigenvalue weighted by Crippen LogP contribution is 2.20. The van der Waals surface area contributed by atoms with Crippen LogP contribution in [0.1, 0.15) is 5.56 Å². The smallest absolute Gasteiger partial charge is 0.279 e. The van der Waals surface area contributed by atoms with Gasteiger partial charge in [-0.3, -0.25) is 4.72 Å². The molecule has 0 bridgehead atoms. The Balaban J connectivity index is 2.94. The number of nitrogens with zero attached hydrogens (tertiary/aromatic N) is 1. The molecule has 1 aromatic rings. The number of alkyl halides is 3. The van der Waals surface area contributed by atoms with Crippen molar-refractivity contribution in [3.63, 3.8) is 0 Å². The fourth-order valence-corrected chi connectivity index (χ4v) is 2.02. The summed E-state index contributed by atoms with van der Waals surface area (Å²) in [7, 11) is -4.69. The molecular formula is C8H8F4N2O2S. The summed E-state index contributed by atoms with van der Waals surface area (Å²) in [6.45, 7) is 1.49. The summed E-state index contributed by atoms with van der Waals surface area (Å²) in [5, 5.41) is 0. The SMILES string of the molecule is Cc1cnc(F)c(NS(=O)(=O)CC(F)(F)F)c1. The molecule has 0 spiro atoms. The van der Waals surface area contributed by atoms with Crippen LogP contribution in [0.25, 0.3) is 0 Å². The number of hydrogen-bond donors (Lipinski definition) is 1. The van der Waals surface area contributed by atoms with Gasteiger partial charge in [-0.25, -0.2) is 13.4 Å². The first kappa shape index (κ1) is 13.7. The van der Waals surface area contributed by atoms with E-state index < -0.39 is 33.6 Å². The predicted molar refractivity (Wildman–Crippen MR) is 52.4 cm³/mol. The Labute approximate surface area is 94.7 Å². The largest absolute Gasteiger partial charge is 0.404 e. The Bertz CT molecular complexity index is 513. The third kappa shape index (κ3) is 4.55. The van der Waals surface area contributed by atoms with Crippen LogP contribution in [0.15, 0.2) is 12.3 Å². The van der Waals surface area contributed by atoms with Gasteiger partial charge in [0, 0.05) is 6.20 Å². The maximum Gasteiger partial charge on any atom is 0.404 e. The number of hydrogen-bond acceptors (Lipinski definition) is 3. The van der Waals surface area contributed by atoms with Crippen molar-refractivity contribution < 1.29 is 26.0 Å². The Morgan fingerprint density at radius 1 is 1.41 bits per heavy atom. The molecule has 17 heavy (non-hydrogen) atoms. The highest BCUT2D eigenvalue weighted by molar-refractivity contribution is 7.92. The van der Waals surface area contributed by atoms with Crippen molar-refractivity contribution in [1.29, 1.82) is 0 Å². The Kier molecular flexibility index (Phi) is 3.60. The van der Waals surface area contributed by atoms with Crippen molar-refractivity contribution in [2.45, 2.75) is 13.1 Å². The lowest BCUT2D eigenvalue weighted by Gasteiger charge is -2.10. The molecule has 0 amide bonds. The molecule has 1 heterocycles. The average molecular weight is 272 g/mol. The number of rotatable bonds is 3. The molecule has 0 aromatic carbocycles. The number of aromatic nitrogens is 1. The van der Waals surface area contributed by atoms with Gasteiger partial charge in [0.2, 0.25) is 16.0 Å². The van der Waals surface area contributed by atoms with Crippen LogP contribution >= 0.6 is 0 Å². The Hall–Kier alpha value is -1.38. The number of halogens is 4. The molecular weight excluding hydrogens is 264 g/mol. The number of anilines is 1. The number of aryl methyl sites for hydroxylation is 1. The van der Waals surface area contributed by atoms with Gasteiger partial charge >= 0.3 is 6.18 Å². The normalized spacial score (nSPS) is 12.5. The summed E-state index contributed by atoms with van der Waals surface area (Å²) >= 11 is 0. The van der Waals surface area contributed by atoms with Crippen molar-refractivity contribution in [1.82, 2.24) is 4.98 Å². The van der Waals surface area contributed by atoms with E-state index in [2.05, 4.69) is 4.98 Å². The lowest BCUT2D eigenvalue weighted by molar-refractivity contribution is -0.106. The summed E-state index contributed by atoms with van der Waals surface area (Å²) in [6, 6.07) is 1.05. The highest BCUT2D eigenvalue weighted by Gasteiger charge is 2.35. The van der Waals surface area contributed by atoms with Gasteiger partial charge in [-0.2, -0.15) is 17.6 Å². The number of nitrogens with one attached hydrogen (secondary N) is 1. The van der Waals surface area contributed by atoms with E-state index in [1.54, 1.807) is 0 Å². The van der Waals surface area contributed by atoms with E-state index in [4.69, 9.17) is 0 Å². The molecule has 0 aliphatic carbocycles. The van der Waals surface area contributed by atoms with Crippen LogP contribution in [0.3, 0.4) is 0 Å². The van der Waals surface area contributed by atoms with E-state index in [1.807, 2.05) is 0 Å². The number of sulfonamides is 1. The van der Waals surface area contributed by atoms with Crippen molar-refractivity contribution in [2.24, 2.45) is 0 Å². The van der Waals surface area contributed by atoms with Gasteiger partial charge in [0.25, 0.3) is 0 Å². The van der Waals surface area contributed by atoms with Crippen molar-refractivity contribution in [2.75, 3.05) is 10.5 Å². The van der Waals surface area contributed by atoms with Crippen molar-refractivity contribution in [3.05, 3.63) is 23.8 Å². The van der Waals surface area contributed by atoms with E-state index in [9.17, 15) is 26.0 Å². The zero-order valence-corrected chi connectivity index (χ0v) is 9.36. The monoisotopic (exact) mass is 272 g/mol. The summed E-state index contributed by atoms with van der Waals surface area (Å²) in [5.41, 5.74) is -0.189. The van der Waals surface area contributed by atoms with Crippen LogP contribution in [0.2, 0.25) is 0 Å². The molecule has 0 unspecified atom stereocenters. The van der Waals surface area contributed by atoms with E-state index in [0.717, 1.165) is 12.3 Å². The molecule has 0 aliphatic rings. The molecule has 96 valence electrons. The maximum absolute atomic E-state index is 13.0. The van der Waals surface area contributed by atoms with Gasteiger partial charge in [0.1, 0.15) is 5.69 Å². The third-order valence-corrected chi connectivity index (χ3v) is 2.83. The van der Waals surface area contributed by atoms with E-state index in [-0.39, 0.29) is 0 Å². The van der Waals surface area contributed by atoms with Gasteiger partial charge < -0.3 is 0 Å². The second-order valence-corrected chi connectivity index (χ2v) is 5.05. The van der Waals surface area contributed by atoms with Crippen molar-refractivity contribution in [3.8, 4) is 0 Å². The molecule has 1 aromatic heterocycles. The molecule has 1 rings (SSSR count). The van der Waals surface area contributed by atoms with E-state index in [1.165, 1.54) is 11.6 Å². The first-order valence-corrected chi connectivity index (χ1v) is 5.94. The minimum Gasteiger partial charge on any atom is -0.279 e. The average Bonchev–Trinajstić information content (AvgIpc) is 2.06. The van der Waals surface area contributed by atoms with Crippen LogP contribution < -0.4 is 4.72 Å². The van der Waals surface area contributed by atoms with Gasteiger partial charge in [0.05, 0.1) is 0 Å². The molecule has 9 heteroatoms. The van der Waals surface area contributed by atoms with Gasteiger partial charge in [0.15, 0.2) is 5.75 Å². The second-order valence-electron chi connectivity index (χ2n) is 3.33. The zero-order valence-electron chi connectivity index (χ0n) is 8.55. The molecule has 0 atom stereocenters. The topological polar surface area (TPSA) is 59.1 Å². The molecule has 0 radical (unpaired) electrons. The summed E-state index contributed by atoms with van der Waals surface area (Å²) in [4.78, 5) is 3.18. The van der Waals surface area contributed by atoms with Gasteiger partial charge in [-0.15, -0.1) is 0 Å². The fraction of sp³-hybridized carbons (Fsp3) is 0.375. The molecule has 1 N–H and O–H groups in total. The second kappa shape index (κ2) is 4.47. The molecule has 0 saturated carbocycles. The highest BCUT2D eigenvalue weighted by atomic mass is 32.2. The minimum atomic E-state index is -4.89. The standard InChI is InChI=1S/C8H8F4N2O2S/c1-5-2-6(7(9)13-3-5)14-17(15,16)4-8(10,11)12/h2-3,14H,4H2,1H3. The quantitative estimate of drug-likeness (QED) is 0.674. The lowest BCUT2D eigenvalue weighted by atomic mass is 10.3. The third-order valence-electron chi connectivity index (χ3n) is 1.59. The molecule has 0 aliphatic heterocycles. The van der Waals surface area contributed by atoms with Gasteiger partial charge in [-0.05, 0) is 18.6 Å². The lowest BCUT2D eigenvalue weighted by Crippen LogP contribution is -2.28. The number of pyridine rings is 1. The first-order valence-electron chi connectivity index (χ1n) is 4.28. The van der Waals surface area contributed by atoms with Crippen LogP contribution in [0.5, 0.6) is 0 Å². The van der Waals surface area contributed by atoms with Gasteiger partial charge in [-0.1, -0.05) is 0 Å². The molecule has 4 nitrogen and oxygen atoms in total. The van der Waals surface area contributed by atoms with E-state index in [0.29, 0.717) is 5.56 Å². The van der Waals surface area contributed by atoms with Crippen LogP contribution in [-0.2, 0) is 10.0 Å². The summed E-state index contributed by atoms with van der Waals surface area (Å²) < 4.78 is 72.3. The zero-order chi connectivity index (χ0) is 13.3. The van der Waals surface area contributed by atoms with Crippen LogP contribution in [0, 0.1) is 12.9 Å². The summed E-state index contributed by atoms with van der Waals surface area (Å²) in [6.07, 6.45) is -3.77. The predicted octanol–water partition coefficient (Wildman–Crippen LogP) is 1.83. The first-order chi connectivity index (χ1) is 7.59. The van der Waals surface area contributed by atoms with Crippen LogP contribution in [-0.4, -0.2) is 25.3 Å². The molecule has 0 fully saturated rings. The molecule has 0 saturated heterocycles. The minimum absolute atomic E-state index is 0.413. The van der Waals surface area contributed by atoms with E-state index >= 15 is 0 Å². The Morgan fingerprint density at radius 2 is 2.00 bits per heavy atom. The summed E-state index contributed by atoms with van der Waals surface area (Å²) in [5.74, 6) is -3.26. The van der Waals surface area contributed by atoms with Crippen LogP contribution in [0.4, 0.5) is 23.2 Å².